The van der Waals surface area contributed by atoms with Crippen LogP contribution in [0.25, 0.3) is 11.0 Å². The van der Waals surface area contributed by atoms with Crippen LogP contribution in [0.15, 0.2) is 22.6 Å². The summed E-state index contributed by atoms with van der Waals surface area (Å²) in [5.74, 6) is 0.953. The maximum atomic E-state index is 11.5. The molecule has 1 aromatic heterocycles. The third kappa shape index (κ3) is 1.52. The minimum Gasteiger partial charge on any atom is -0.493 e. The summed E-state index contributed by atoms with van der Waals surface area (Å²) in [5, 5.41) is 0.712. The molecular formula is C12H12O4. The van der Waals surface area contributed by atoms with E-state index in [2.05, 4.69) is 0 Å². The van der Waals surface area contributed by atoms with Gasteiger partial charge in [-0.1, -0.05) is 0 Å². The Morgan fingerprint density at radius 2 is 2.06 bits per heavy atom. The van der Waals surface area contributed by atoms with Crippen LogP contribution in [0.4, 0.5) is 0 Å². The van der Waals surface area contributed by atoms with E-state index in [4.69, 9.17) is 13.9 Å². The molecule has 4 heteroatoms. The first-order valence-corrected chi connectivity index (χ1v) is 4.83. The van der Waals surface area contributed by atoms with Crippen molar-refractivity contribution in [2.75, 3.05) is 14.2 Å². The Balaban J connectivity index is 2.73. The Kier molecular flexibility index (Phi) is 2.56. The van der Waals surface area contributed by atoms with Crippen molar-refractivity contribution in [3.63, 3.8) is 0 Å². The first-order valence-electron chi connectivity index (χ1n) is 4.83. The van der Waals surface area contributed by atoms with E-state index in [1.165, 1.54) is 7.11 Å². The second-order valence-electron chi connectivity index (χ2n) is 3.41. The number of ether oxygens (including phenoxy) is 2. The number of aryl methyl sites for hydroxylation is 1. The minimum absolute atomic E-state index is 0.381. The summed E-state index contributed by atoms with van der Waals surface area (Å²) in [6.45, 7) is 1.82. The summed E-state index contributed by atoms with van der Waals surface area (Å²) in [5.41, 5.74) is 1.05. The monoisotopic (exact) mass is 220 g/mol. The van der Waals surface area contributed by atoms with Gasteiger partial charge in [0.1, 0.15) is 5.76 Å². The van der Waals surface area contributed by atoms with Crippen LogP contribution in [0.5, 0.6) is 5.75 Å². The van der Waals surface area contributed by atoms with Crippen molar-refractivity contribution in [2.45, 2.75) is 6.92 Å². The van der Waals surface area contributed by atoms with Crippen molar-refractivity contribution >= 4 is 16.9 Å². The van der Waals surface area contributed by atoms with Crippen LogP contribution in [0.2, 0.25) is 0 Å². The average molecular weight is 220 g/mol. The normalized spacial score (nSPS) is 10.4. The van der Waals surface area contributed by atoms with Crippen LogP contribution in [0, 0.1) is 6.92 Å². The lowest BCUT2D eigenvalue weighted by atomic mass is 10.1. The number of esters is 1. The Hall–Kier alpha value is -1.97. The van der Waals surface area contributed by atoms with Crippen molar-refractivity contribution < 1.29 is 18.7 Å². The highest BCUT2D eigenvalue weighted by Crippen LogP contribution is 2.31. The predicted octanol–water partition coefficient (Wildman–Crippen LogP) is 2.54. The van der Waals surface area contributed by atoms with Crippen LogP contribution in [-0.4, -0.2) is 20.2 Å². The molecule has 0 spiro atoms. The second kappa shape index (κ2) is 3.89. The summed E-state index contributed by atoms with van der Waals surface area (Å²) in [6, 6.07) is 5.16. The molecule has 0 radical (unpaired) electrons. The van der Waals surface area contributed by atoms with Gasteiger partial charge in [0.2, 0.25) is 0 Å². The molecule has 2 aromatic rings. The molecule has 0 atom stereocenters. The van der Waals surface area contributed by atoms with Gasteiger partial charge in [0.05, 0.1) is 19.8 Å². The molecule has 0 aliphatic rings. The number of carbonyl (C=O) groups excluding carboxylic acids is 1. The summed E-state index contributed by atoms with van der Waals surface area (Å²) >= 11 is 0. The lowest BCUT2D eigenvalue weighted by Gasteiger charge is -2.04. The quantitative estimate of drug-likeness (QED) is 0.730. The molecule has 0 aliphatic carbocycles. The standard InChI is InChI=1S/C12H12O4/c1-7-6-9-8(12(13)15-3)4-5-10(14-2)11(9)16-7/h4-6H,1-3H3. The van der Waals surface area contributed by atoms with E-state index >= 15 is 0 Å². The highest BCUT2D eigenvalue weighted by atomic mass is 16.5. The van der Waals surface area contributed by atoms with Gasteiger partial charge < -0.3 is 13.9 Å². The molecule has 4 nitrogen and oxygen atoms in total. The van der Waals surface area contributed by atoms with E-state index in [-0.39, 0.29) is 5.97 Å². The molecule has 1 heterocycles. The Labute approximate surface area is 92.8 Å². The lowest BCUT2D eigenvalue weighted by molar-refractivity contribution is 0.0603. The number of fused-ring (bicyclic) bond motifs is 1. The molecule has 0 saturated heterocycles. The third-order valence-corrected chi connectivity index (χ3v) is 2.40. The van der Waals surface area contributed by atoms with Crippen molar-refractivity contribution in [3.05, 3.63) is 29.5 Å². The molecule has 2 rings (SSSR count). The number of methoxy groups -OCH3 is 2. The number of hydrogen-bond acceptors (Lipinski definition) is 4. The SMILES string of the molecule is COC(=O)c1ccc(OC)c2oc(C)cc12. The molecule has 0 bridgehead atoms. The van der Waals surface area contributed by atoms with Crippen LogP contribution in [0.1, 0.15) is 16.1 Å². The van der Waals surface area contributed by atoms with Crippen LogP contribution in [0.3, 0.4) is 0 Å². The van der Waals surface area contributed by atoms with Gasteiger partial charge >= 0.3 is 5.97 Å². The highest BCUT2D eigenvalue weighted by molar-refractivity contribution is 6.04. The first kappa shape index (κ1) is 10.5. The van der Waals surface area contributed by atoms with Gasteiger partial charge in [-0.2, -0.15) is 0 Å². The smallest absolute Gasteiger partial charge is 0.338 e. The van der Waals surface area contributed by atoms with Crippen LogP contribution >= 0.6 is 0 Å². The zero-order chi connectivity index (χ0) is 11.7. The van der Waals surface area contributed by atoms with Gasteiger partial charge in [0.15, 0.2) is 11.3 Å². The Morgan fingerprint density at radius 1 is 1.31 bits per heavy atom. The molecule has 16 heavy (non-hydrogen) atoms. The zero-order valence-electron chi connectivity index (χ0n) is 9.37. The maximum Gasteiger partial charge on any atom is 0.338 e. The number of benzene rings is 1. The minimum atomic E-state index is -0.381. The molecule has 1 aromatic carbocycles. The first-order chi connectivity index (χ1) is 7.67. The van der Waals surface area contributed by atoms with Gasteiger partial charge in [0.25, 0.3) is 0 Å². The largest absolute Gasteiger partial charge is 0.493 e. The van der Waals surface area contributed by atoms with Crippen molar-refractivity contribution in [3.8, 4) is 5.75 Å². The average Bonchev–Trinajstić information content (AvgIpc) is 2.67. The van der Waals surface area contributed by atoms with Gasteiger partial charge in [-0.3, -0.25) is 0 Å². The van der Waals surface area contributed by atoms with Gasteiger partial charge in [-0.15, -0.1) is 0 Å². The van der Waals surface area contributed by atoms with Gasteiger partial charge in [0, 0.05) is 5.39 Å². The number of carbonyl (C=O) groups is 1. The molecule has 0 saturated carbocycles. The number of furan rings is 1. The van der Waals surface area contributed by atoms with Gasteiger partial charge in [-0.25, -0.2) is 4.79 Å². The van der Waals surface area contributed by atoms with Gasteiger partial charge in [-0.05, 0) is 25.1 Å². The van der Waals surface area contributed by atoms with Crippen LogP contribution < -0.4 is 4.74 Å². The fourth-order valence-corrected chi connectivity index (χ4v) is 1.67. The van der Waals surface area contributed by atoms with E-state index in [1.54, 1.807) is 25.3 Å². The predicted molar refractivity (Wildman–Crippen MR) is 58.8 cm³/mol. The maximum absolute atomic E-state index is 11.5. The topological polar surface area (TPSA) is 48.7 Å². The van der Waals surface area contributed by atoms with Crippen molar-refractivity contribution in [2.24, 2.45) is 0 Å². The zero-order valence-corrected chi connectivity index (χ0v) is 9.37. The van der Waals surface area contributed by atoms with Crippen LogP contribution in [-0.2, 0) is 4.74 Å². The van der Waals surface area contributed by atoms with E-state index < -0.39 is 0 Å². The van der Waals surface area contributed by atoms with E-state index in [9.17, 15) is 4.79 Å². The third-order valence-electron chi connectivity index (χ3n) is 2.40. The second-order valence-corrected chi connectivity index (χ2v) is 3.41. The summed E-state index contributed by atoms with van der Waals surface area (Å²) in [7, 11) is 2.91. The molecule has 84 valence electrons. The molecule has 0 fully saturated rings. The molecule has 0 aliphatic heterocycles. The Morgan fingerprint density at radius 3 is 2.69 bits per heavy atom. The summed E-state index contributed by atoms with van der Waals surface area (Å²) in [4.78, 5) is 11.5. The fourth-order valence-electron chi connectivity index (χ4n) is 1.67. The molecule has 0 unspecified atom stereocenters. The molecule has 0 N–H and O–H groups in total. The van der Waals surface area contributed by atoms with E-state index in [1.807, 2.05) is 6.92 Å². The number of hydrogen-bond donors (Lipinski definition) is 0. The fraction of sp³-hybridized carbons (Fsp3) is 0.250. The van der Waals surface area contributed by atoms with Crippen molar-refractivity contribution in [1.82, 2.24) is 0 Å². The van der Waals surface area contributed by atoms with Crippen molar-refractivity contribution in [1.29, 1.82) is 0 Å². The highest BCUT2D eigenvalue weighted by Gasteiger charge is 2.16. The summed E-state index contributed by atoms with van der Waals surface area (Å²) in [6.07, 6.45) is 0. The summed E-state index contributed by atoms with van der Waals surface area (Å²) < 4.78 is 15.4. The molecular weight excluding hydrogens is 208 g/mol. The van der Waals surface area contributed by atoms with E-state index in [0.29, 0.717) is 22.3 Å². The Bertz CT molecular complexity index is 539. The lowest BCUT2D eigenvalue weighted by Crippen LogP contribution is -2.01. The number of rotatable bonds is 2. The molecule has 0 amide bonds. The van der Waals surface area contributed by atoms with E-state index in [0.717, 1.165) is 5.76 Å².